The maximum absolute atomic E-state index is 6.21. The van der Waals surface area contributed by atoms with E-state index < -0.39 is 0 Å². The summed E-state index contributed by atoms with van der Waals surface area (Å²) in [6, 6.07) is 11.4. The summed E-state index contributed by atoms with van der Waals surface area (Å²) in [5, 5.41) is 0. The zero-order valence-corrected chi connectivity index (χ0v) is 10.2. The fourth-order valence-electron chi connectivity index (χ4n) is 3.02. The molecule has 3 unspecified atom stereocenters. The van der Waals surface area contributed by atoms with Crippen molar-refractivity contribution in [2.24, 2.45) is 11.7 Å². The van der Waals surface area contributed by atoms with E-state index in [9.17, 15) is 0 Å². The molecular formula is C15H23N. The van der Waals surface area contributed by atoms with Gasteiger partial charge in [-0.15, -0.1) is 0 Å². The Balaban J connectivity index is 2.03. The Hall–Kier alpha value is -0.820. The molecule has 1 aliphatic rings. The Labute approximate surface area is 99.0 Å². The van der Waals surface area contributed by atoms with E-state index in [0.717, 1.165) is 11.8 Å². The van der Waals surface area contributed by atoms with Gasteiger partial charge >= 0.3 is 0 Å². The molecule has 0 aliphatic heterocycles. The van der Waals surface area contributed by atoms with Gasteiger partial charge in [-0.3, -0.25) is 0 Å². The number of hydrogen-bond donors (Lipinski definition) is 1. The van der Waals surface area contributed by atoms with Crippen LogP contribution < -0.4 is 5.73 Å². The van der Waals surface area contributed by atoms with Gasteiger partial charge in [0.05, 0.1) is 0 Å². The summed E-state index contributed by atoms with van der Waals surface area (Å²) in [6.45, 7) is 2.26. The molecule has 0 bridgehead atoms. The van der Waals surface area contributed by atoms with Crippen molar-refractivity contribution < 1.29 is 0 Å². The fourth-order valence-corrected chi connectivity index (χ4v) is 3.02. The molecule has 1 heteroatoms. The SMILES string of the molecule is CCCC1CC(c2ccccc2)CCC1N. The molecule has 0 heterocycles. The molecule has 1 fully saturated rings. The highest BCUT2D eigenvalue weighted by Crippen LogP contribution is 2.37. The van der Waals surface area contributed by atoms with E-state index in [0.29, 0.717) is 6.04 Å². The number of hydrogen-bond acceptors (Lipinski definition) is 1. The molecule has 2 rings (SSSR count). The van der Waals surface area contributed by atoms with Crippen molar-refractivity contribution in [3.63, 3.8) is 0 Å². The lowest BCUT2D eigenvalue weighted by molar-refractivity contribution is 0.263. The van der Waals surface area contributed by atoms with Crippen LogP contribution in [-0.2, 0) is 0 Å². The molecule has 0 radical (unpaired) electrons. The first-order valence-corrected chi connectivity index (χ1v) is 6.61. The molecule has 1 aliphatic carbocycles. The van der Waals surface area contributed by atoms with Crippen molar-refractivity contribution in [3.8, 4) is 0 Å². The van der Waals surface area contributed by atoms with Gasteiger partial charge in [0.1, 0.15) is 0 Å². The Morgan fingerprint density at radius 1 is 1.19 bits per heavy atom. The third-order valence-electron chi connectivity index (χ3n) is 3.97. The molecule has 0 spiro atoms. The molecule has 1 aromatic rings. The maximum Gasteiger partial charge on any atom is 0.00675 e. The lowest BCUT2D eigenvalue weighted by atomic mass is 9.74. The molecule has 1 aromatic carbocycles. The van der Waals surface area contributed by atoms with Crippen molar-refractivity contribution in [1.29, 1.82) is 0 Å². The van der Waals surface area contributed by atoms with E-state index in [2.05, 4.69) is 37.3 Å². The highest BCUT2D eigenvalue weighted by Gasteiger charge is 2.27. The summed E-state index contributed by atoms with van der Waals surface area (Å²) >= 11 is 0. The first kappa shape index (κ1) is 11.7. The van der Waals surface area contributed by atoms with Gasteiger partial charge in [-0.2, -0.15) is 0 Å². The lowest BCUT2D eigenvalue weighted by Gasteiger charge is -2.34. The van der Waals surface area contributed by atoms with E-state index in [4.69, 9.17) is 5.73 Å². The van der Waals surface area contributed by atoms with Gasteiger partial charge in [-0.25, -0.2) is 0 Å². The summed E-state index contributed by atoms with van der Waals surface area (Å²) < 4.78 is 0. The van der Waals surface area contributed by atoms with Gasteiger partial charge < -0.3 is 5.73 Å². The topological polar surface area (TPSA) is 26.0 Å². The number of benzene rings is 1. The zero-order valence-electron chi connectivity index (χ0n) is 10.2. The van der Waals surface area contributed by atoms with Crippen molar-refractivity contribution in [2.45, 2.75) is 51.0 Å². The molecule has 1 nitrogen and oxygen atoms in total. The Bertz CT molecular complexity index is 306. The van der Waals surface area contributed by atoms with Crippen LogP contribution in [0.15, 0.2) is 30.3 Å². The predicted octanol–water partition coefficient (Wildman–Crippen LogP) is 3.70. The molecule has 16 heavy (non-hydrogen) atoms. The summed E-state index contributed by atoms with van der Waals surface area (Å²) in [5.41, 5.74) is 7.72. The van der Waals surface area contributed by atoms with Gasteiger partial charge in [0.2, 0.25) is 0 Å². The number of rotatable bonds is 3. The molecule has 1 saturated carbocycles. The average Bonchev–Trinajstić information content (AvgIpc) is 2.33. The summed E-state index contributed by atoms with van der Waals surface area (Å²) in [4.78, 5) is 0. The van der Waals surface area contributed by atoms with Crippen LogP contribution in [0.2, 0.25) is 0 Å². The summed E-state index contributed by atoms with van der Waals surface area (Å²) in [5.74, 6) is 1.49. The molecule has 0 saturated heterocycles. The molecule has 0 amide bonds. The Kier molecular flexibility index (Phi) is 4.00. The van der Waals surface area contributed by atoms with Crippen molar-refractivity contribution in [2.75, 3.05) is 0 Å². The molecule has 0 aromatic heterocycles. The van der Waals surface area contributed by atoms with Gasteiger partial charge in [0.15, 0.2) is 0 Å². The van der Waals surface area contributed by atoms with Crippen LogP contribution in [0, 0.1) is 5.92 Å². The molecule has 88 valence electrons. The molecular weight excluding hydrogens is 194 g/mol. The average molecular weight is 217 g/mol. The van der Waals surface area contributed by atoms with Crippen LogP contribution in [0.5, 0.6) is 0 Å². The van der Waals surface area contributed by atoms with Crippen LogP contribution in [0.4, 0.5) is 0 Å². The molecule has 3 atom stereocenters. The smallest absolute Gasteiger partial charge is 0.00675 e. The largest absolute Gasteiger partial charge is 0.327 e. The second-order valence-corrected chi connectivity index (χ2v) is 5.13. The number of nitrogens with two attached hydrogens (primary N) is 1. The predicted molar refractivity (Wildman–Crippen MR) is 69.4 cm³/mol. The van der Waals surface area contributed by atoms with Crippen molar-refractivity contribution in [3.05, 3.63) is 35.9 Å². The zero-order chi connectivity index (χ0) is 11.4. The van der Waals surface area contributed by atoms with Gasteiger partial charge in [0, 0.05) is 6.04 Å². The van der Waals surface area contributed by atoms with Gasteiger partial charge in [-0.1, -0.05) is 43.7 Å². The van der Waals surface area contributed by atoms with Crippen LogP contribution in [-0.4, -0.2) is 6.04 Å². The fraction of sp³-hybridized carbons (Fsp3) is 0.600. The highest BCUT2D eigenvalue weighted by atomic mass is 14.7. The van der Waals surface area contributed by atoms with E-state index >= 15 is 0 Å². The first-order chi connectivity index (χ1) is 7.81. The second-order valence-electron chi connectivity index (χ2n) is 5.13. The Morgan fingerprint density at radius 2 is 1.94 bits per heavy atom. The van der Waals surface area contributed by atoms with Gasteiger partial charge in [-0.05, 0) is 43.1 Å². The van der Waals surface area contributed by atoms with Crippen LogP contribution in [0.1, 0.15) is 50.5 Å². The third-order valence-corrected chi connectivity index (χ3v) is 3.97. The highest BCUT2D eigenvalue weighted by molar-refractivity contribution is 5.20. The van der Waals surface area contributed by atoms with E-state index in [1.165, 1.54) is 37.7 Å². The standard InChI is InChI=1S/C15H23N/c1-2-6-14-11-13(9-10-15(14)16)12-7-4-3-5-8-12/h3-5,7-8,13-15H,2,6,9-11,16H2,1H3. The maximum atomic E-state index is 6.21. The first-order valence-electron chi connectivity index (χ1n) is 6.61. The summed E-state index contributed by atoms with van der Waals surface area (Å²) in [7, 11) is 0. The monoisotopic (exact) mass is 217 g/mol. The van der Waals surface area contributed by atoms with E-state index in [1.54, 1.807) is 0 Å². The van der Waals surface area contributed by atoms with E-state index in [-0.39, 0.29) is 0 Å². The minimum absolute atomic E-state index is 0.444. The lowest BCUT2D eigenvalue weighted by Crippen LogP contribution is -2.35. The molecule has 2 N–H and O–H groups in total. The minimum atomic E-state index is 0.444. The second kappa shape index (κ2) is 5.49. The van der Waals surface area contributed by atoms with Crippen molar-refractivity contribution >= 4 is 0 Å². The quantitative estimate of drug-likeness (QED) is 0.821. The normalized spacial score (nSPS) is 30.2. The van der Waals surface area contributed by atoms with Crippen LogP contribution in [0.3, 0.4) is 0 Å². The Morgan fingerprint density at radius 3 is 2.62 bits per heavy atom. The van der Waals surface area contributed by atoms with E-state index in [1.807, 2.05) is 0 Å². The van der Waals surface area contributed by atoms with Crippen molar-refractivity contribution in [1.82, 2.24) is 0 Å². The van der Waals surface area contributed by atoms with Crippen LogP contribution in [0.25, 0.3) is 0 Å². The van der Waals surface area contributed by atoms with Crippen LogP contribution >= 0.6 is 0 Å². The third kappa shape index (κ3) is 2.65. The minimum Gasteiger partial charge on any atom is -0.327 e. The van der Waals surface area contributed by atoms with Gasteiger partial charge in [0.25, 0.3) is 0 Å². The summed E-state index contributed by atoms with van der Waals surface area (Å²) in [6.07, 6.45) is 6.32.